The molecule has 1 saturated heterocycles. The van der Waals surface area contributed by atoms with Crippen molar-refractivity contribution in [2.45, 2.75) is 44.6 Å². The third-order valence-electron chi connectivity index (χ3n) is 4.39. The average molecular weight is 335 g/mol. The molecule has 1 aliphatic heterocycles. The molecule has 1 aromatic carbocycles. The van der Waals surface area contributed by atoms with Gasteiger partial charge in [-0.1, -0.05) is 39.0 Å². The molecular weight excluding hydrogens is 310 g/mol. The quantitative estimate of drug-likeness (QED) is 0.876. The summed E-state index contributed by atoms with van der Waals surface area (Å²) in [4.78, 5) is 24.8. The number of carboxylic acid groups (broad SMARTS) is 1. The van der Waals surface area contributed by atoms with Crippen molar-refractivity contribution in [3.05, 3.63) is 29.8 Å². The Hall–Kier alpha value is -2.08. The molecule has 6 nitrogen and oxygen atoms in total. The standard InChI is InChI=1S/C18H25NO5/c1-17(2,3)13-6-4-5-7-14(13)24-12-15(20)19-10-8-18(23,9-11-19)16(21)22/h4-7,23H,8-12H2,1-3H3,(H,21,22). The van der Waals surface area contributed by atoms with Crippen molar-refractivity contribution in [1.29, 1.82) is 0 Å². The van der Waals surface area contributed by atoms with E-state index in [0.29, 0.717) is 5.75 Å². The van der Waals surface area contributed by atoms with Crippen molar-refractivity contribution in [2.75, 3.05) is 19.7 Å². The number of rotatable bonds is 4. The zero-order chi connectivity index (χ0) is 18.0. The Morgan fingerprint density at radius 1 is 1.21 bits per heavy atom. The highest BCUT2D eigenvalue weighted by atomic mass is 16.5. The molecule has 1 aliphatic rings. The maximum atomic E-state index is 12.3. The van der Waals surface area contributed by atoms with Crippen LogP contribution in [0.2, 0.25) is 0 Å². The van der Waals surface area contributed by atoms with Gasteiger partial charge in [-0.25, -0.2) is 4.79 Å². The van der Waals surface area contributed by atoms with E-state index in [1.54, 1.807) is 0 Å². The lowest BCUT2D eigenvalue weighted by atomic mass is 9.86. The topological polar surface area (TPSA) is 87.1 Å². The molecule has 1 heterocycles. The Morgan fingerprint density at radius 3 is 2.33 bits per heavy atom. The number of para-hydroxylation sites is 1. The van der Waals surface area contributed by atoms with E-state index in [1.807, 2.05) is 24.3 Å². The first kappa shape index (κ1) is 18.3. The molecule has 0 radical (unpaired) electrons. The number of likely N-dealkylation sites (tertiary alicyclic amines) is 1. The lowest BCUT2D eigenvalue weighted by Gasteiger charge is -2.35. The first-order chi connectivity index (χ1) is 11.1. The molecule has 0 saturated carbocycles. The maximum absolute atomic E-state index is 12.3. The fraction of sp³-hybridized carbons (Fsp3) is 0.556. The van der Waals surface area contributed by atoms with Crippen LogP contribution in [0.3, 0.4) is 0 Å². The predicted octanol–water partition coefficient (Wildman–Crippen LogP) is 1.80. The number of nitrogens with zero attached hydrogens (tertiary/aromatic N) is 1. The molecule has 1 fully saturated rings. The van der Waals surface area contributed by atoms with Crippen molar-refractivity contribution in [3.8, 4) is 5.75 Å². The molecule has 1 amide bonds. The fourth-order valence-electron chi connectivity index (χ4n) is 2.78. The van der Waals surface area contributed by atoms with Crippen LogP contribution in [0.15, 0.2) is 24.3 Å². The molecule has 2 rings (SSSR count). The summed E-state index contributed by atoms with van der Waals surface area (Å²) in [5.74, 6) is -0.756. The van der Waals surface area contributed by atoms with E-state index >= 15 is 0 Å². The molecule has 0 aromatic heterocycles. The van der Waals surface area contributed by atoms with E-state index in [1.165, 1.54) is 4.90 Å². The van der Waals surface area contributed by atoms with Crippen LogP contribution in [0.4, 0.5) is 0 Å². The van der Waals surface area contributed by atoms with E-state index in [-0.39, 0.29) is 43.9 Å². The smallest absolute Gasteiger partial charge is 0.335 e. The summed E-state index contributed by atoms with van der Waals surface area (Å²) >= 11 is 0. The van der Waals surface area contributed by atoms with Crippen LogP contribution in [0.5, 0.6) is 5.75 Å². The van der Waals surface area contributed by atoms with E-state index in [2.05, 4.69) is 20.8 Å². The van der Waals surface area contributed by atoms with Crippen LogP contribution in [0.1, 0.15) is 39.2 Å². The monoisotopic (exact) mass is 335 g/mol. The second-order valence-electron chi connectivity index (χ2n) is 7.25. The second-order valence-corrected chi connectivity index (χ2v) is 7.25. The van der Waals surface area contributed by atoms with Crippen LogP contribution in [-0.2, 0) is 15.0 Å². The van der Waals surface area contributed by atoms with Gasteiger partial charge in [0.15, 0.2) is 12.2 Å². The lowest BCUT2D eigenvalue weighted by molar-refractivity contribution is -0.165. The number of piperidine rings is 1. The van der Waals surface area contributed by atoms with Crippen LogP contribution >= 0.6 is 0 Å². The summed E-state index contributed by atoms with van der Waals surface area (Å²) in [6.07, 6.45) is 0.0688. The first-order valence-electron chi connectivity index (χ1n) is 8.09. The minimum atomic E-state index is -1.73. The summed E-state index contributed by atoms with van der Waals surface area (Å²) in [6.45, 7) is 6.56. The summed E-state index contributed by atoms with van der Waals surface area (Å²) in [7, 11) is 0. The van der Waals surface area contributed by atoms with Crippen molar-refractivity contribution in [3.63, 3.8) is 0 Å². The maximum Gasteiger partial charge on any atom is 0.335 e. The SMILES string of the molecule is CC(C)(C)c1ccccc1OCC(=O)N1CCC(O)(C(=O)O)CC1. The van der Waals surface area contributed by atoms with Crippen molar-refractivity contribution < 1.29 is 24.5 Å². The number of carbonyl (C=O) groups excluding carboxylic acids is 1. The number of carboxylic acids is 1. The third-order valence-corrected chi connectivity index (χ3v) is 4.39. The van der Waals surface area contributed by atoms with E-state index in [4.69, 9.17) is 9.84 Å². The first-order valence-corrected chi connectivity index (χ1v) is 8.09. The Labute approximate surface area is 142 Å². The van der Waals surface area contributed by atoms with Crippen LogP contribution in [0.25, 0.3) is 0 Å². The fourth-order valence-corrected chi connectivity index (χ4v) is 2.78. The molecule has 0 aliphatic carbocycles. The Bertz CT molecular complexity index is 612. The summed E-state index contributed by atoms with van der Waals surface area (Å²) < 4.78 is 5.71. The zero-order valence-electron chi connectivity index (χ0n) is 14.4. The predicted molar refractivity (Wildman–Crippen MR) is 89.0 cm³/mol. The van der Waals surface area contributed by atoms with Gasteiger partial charge in [-0.2, -0.15) is 0 Å². The molecule has 0 atom stereocenters. The normalized spacial score (nSPS) is 17.4. The largest absolute Gasteiger partial charge is 0.483 e. The Balaban J connectivity index is 1.95. The van der Waals surface area contributed by atoms with Crippen LogP contribution in [-0.4, -0.2) is 52.3 Å². The third kappa shape index (κ3) is 4.06. The molecule has 132 valence electrons. The summed E-state index contributed by atoms with van der Waals surface area (Å²) in [6, 6.07) is 7.62. The molecule has 2 N–H and O–H groups in total. The number of ether oxygens (including phenoxy) is 1. The van der Waals surface area contributed by atoms with Crippen molar-refractivity contribution >= 4 is 11.9 Å². The highest BCUT2D eigenvalue weighted by Gasteiger charge is 2.40. The second kappa shape index (κ2) is 6.81. The number of amides is 1. The number of hydrogen-bond donors (Lipinski definition) is 2. The summed E-state index contributed by atoms with van der Waals surface area (Å²) in [5.41, 5.74) is -0.796. The van der Waals surface area contributed by atoms with Gasteiger partial charge in [0.2, 0.25) is 0 Å². The van der Waals surface area contributed by atoms with E-state index < -0.39 is 11.6 Å². The van der Waals surface area contributed by atoms with Crippen LogP contribution in [0, 0.1) is 0 Å². The lowest BCUT2D eigenvalue weighted by Crippen LogP contribution is -2.51. The van der Waals surface area contributed by atoms with Gasteiger partial charge in [0.1, 0.15) is 5.75 Å². The number of aliphatic hydroxyl groups is 1. The molecular formula is C18H25NO5. The number of benzene rings is 1. The molecule has 1 aromatic rings. The molecule has 0 unspecified atom stereocenters. The minimum Gasteiger partial charge on any atom is -0.483 e. The van der Waals surface area contributed by atoms with Gasteiger partial charge in [-0.15, -0.1) is 0 Å². The average Bonchev–Trinajstić information content (AvgIpc) is 2.52. The van der Waals surface area contributed by atoms with Crippen molar-refractivity contribution in [2.24, 2.45) is 0 Å². The van der Waals surface area contributed by atoms with Gasteiger partial charge >= 0.3 is 5.97 Å². The van der Waals surface area contributed by atoms with Crippen LogP contribution < -0.4 is 4.74 Å². The van der Waals surface area contributed by atoms with Gasteiger partial charge in [0, 0.05) is 25.9 Å². The number of carbonyl (C=O) groups is 2. The zero-order valence-corrected chi connectivity index (χ0v) is 14.4. The van der Waals surface area contributed by atoms with E-state index in [9.17, 15) is 14.7 Å². The minimum absolute atomic E-state index is 0.0344. The number of hydrogen-bond acceptors (Lipinski definition) is 4. The number of aliphatic carboxylic acids is 1. The molecule has 6 heteroatoms. The van der Waals surface area contributed by atoms with Gasteiger partial charge in [-0.3, -0.25) is 4.79 Å². The molecule has 0 bridgehead atoms. The van der Waals surface area contributed by atoms with Gasteiger partial charge in [-0.05, 0) is 17.0 Å². The van der Waals surface area contributed by atoms with Gasteiger partial charge in [0.25, 0.3) is 5.91 Å². The van der Waals surface area contributed by atoms with Crippen molar-refractivity contribution in [1.82, 2.24) is 4.90 Å². The molecule has 24 heavy (non-hydrogen) atoms. The molecule has 0 spiro atoms. The van der Waals surface area contributed by atoms with Gasteiger partial charge in [0.05, 0.1) is 0 Å². The highest BCUT2D eigenvalue weighted by Crippen LogP contribution is 2.31. The Morgan fingerprint density at radius 2 is 1.79 bits per heavy atom. The summed E-state index contributed by atoms with van der Waals surface area (Å²) in [5, 5.41) is 18.9. The van der Waals surface area contributed by atoms with Gasteiger partial charge < -0.3 is 19.8 Å². The van der Waals surface area contributed by atoms with E-state index in [0.717, 1.165) is 5.56 Å². The highest BCUT2D eigenvalue weighted by molar-refractivity contribution is 5.80. The Kier molecular flexibility index (Phi) is 5.18.